The highest BCUT2D eigenvalue weighted by Gasteiger charge is 2.21. The largest absolute Gasteiger partial charge is 0.134 e. The fraction of sp³-hybridized carbons (Fsp3) is 0. The Balaban J connectivity index is 1.12. The van der Waals surface area contributed by atoms with Crippen molar-refractivity contribution in [3.05, 3.63) is 186 Å². The van der Waals surface area contributed by atoms with Gasteiger partial charge in [0.15, 0.2) is 0 Å². The van der Waals surface area contributed by atoms with Crippen LogP contribution in [0.4, 0.5) is 0 Å². The van der Waals surface area contributed by atoms with E-state index in [1.807, 2.05) is 22.7 Å². The fourth-order valence-electron chi connectivity index (χ4n) is 9.41. The van der Waals surface area contributed by atoms with Crippen LogP contribution in [0.15, 0.2) is 146 Å². The molecule has 13 rings (SSSR count). The molecule has 2 heteroatoms. The first-order chi connectivity index (χ1) is 24.8. The van der Waals surface area contributed by atoms with E-state index in [2.05, 4.69) is 146 Å². The molecule has 9 aromatic carbocycles. The molecular weight excluding hydrogens is 641 g/mol. The zero-order valence-corrected chi connectivity index (χ0v) is 28.3. The van der Waals surface area contributed by atoms with Crippen molar-refractivity contribution >= 4 is 85.9 Å². The Morgan fingerprint density at radius 1 is 0.280 bits per heavy atom. The van der Waals surface area contributed by atoms with Crippen LogP contribution in [0, 0.1) is 40.4 Å². The number of hydrogen-bond donors (Lipinski definition) is 0. The third-order valence-corrected chi connectivity index (χ3v) is 13.9. The summed E-state index contributed by atoms with van der Waals surface area (Å²) in [6, 6.07) is 54.9. The van der Waals surface area contributed by atoms with E-state index in [1.165, 1.54) is 126 Å². The number of rotatable bonds is 2. The molecule has 2 aliphatic rings. The molecule has 0 radical (unpaired) electrons. The van der Waals surface area contributed by atoms with Crippen molar-refractivity contribution < 1.29 is 0 Å². The summed E-state index contributed by atoms with van der Waals surface area (Å²) in [5, 5.41) is 22.3. The Labute approximate surface area is 292 Å². The van der Waals surface area contributed by atoms with Gasteiger partial charge in [0.25, 0.3) is 0 Å². The van der Waals surface area contributed by atoms with Crippen molar-refractivity contribution in [2.24, 2.45) is 0 Å². The van der Waals surface area contributed by atoms with Gasteiger partial charge in [0, 0.05) is 50.1 Å². The van der Waals surface area contributed by atoms with Crippen molar-refractivity contribution in [1.82, 2.24) is 0 Å². The van der Waals surface area contributed by atoms with Crippen molar-refractivity contribution in [2.75, 3.05) is 0 Å². The lowest BCUT2D eigenvalue weighted by Gasteiger charge is -2.14. The van der Waals surface area contributed by atoms with E-state index in [0.29, 0.717) is 0 Å². The van der Waals surface area contributed by atoms with Crippen LogP contribution in [0.5, 0.6) is 0 Å². The Morgan fingerprint density at radius 3 is 1.08 bits per heavy atom. The van der Waals surface area contributed by atoms with Crippen LogP contribution in [-0.2, 0) is 0 Å². The van der Waals surface area contributed by atoms with E-state index in [0.717, 1.165) is 0 Å². The normalized spacial score (nSPS) is 12.8. The molecule has 0 aliphatic heterocycles. The maximum Gasteiger partial charge on any atom is 0.0440 e. The lowest BCUT2D eigenvalue weighted by Crippen LogP contribution is -1.89. The first-order valence-corrected chi connectivity index (χ1v) is 18.9. The van der Waals surface area contributed by atoms with E-state index < -0.39 is 0 Å². The lowest BCUT2D eigenvalue weighted by atomic mass is 9.88. The van der Waals surface area contributed by atoms with Gasteiger partial charge in [-0.15, -0.1) is 22.7 Å². The minimum absolute atomic E-state index is 1.27. The van der Waals surface area contributed by atoms with E-state index in [9.17, 15) is 0 Å². The van der Waals surface area contributed by atoms with Crippen LogP contribution in [0.3, 0.4) is 0 Å². The number of hydrogen-bond acceptors (Lipinski definition) is 2. The Hall–Kier alpha value is -5.80. The maximum atomic E-state index is 2.42. The smallest absolute Gasteiger partial charge is 0.0440 e. The van der Waals surface area contributed by atoms with E-state index in [-0.39, 0.29) is 0 Å². The minimum atomic E-state index is 1.27. The van der Waals surface area contributed by atoms with Gasteiger partial charge in [-0.25, -0.2) is 0 Å². The first kappa shape index (κ1) is 26.1. The van der Waals surface area contributed by atoms with Gasteiger partial charge in [-0.3, -0.25) is 0 Å². The highest BCUT2D eigenvalue weighted by atomic mass is 32.1. The highest BCUT2D eigenvalue weighted by Crippen LogP contribution is 2.45. The second-order valence-corrected chi connectivity index (χ2v) is 16.0. The van der Waals surface area contributed by atoms with E-state index in [1.54, 1.807) is 0 Å². The zero-order chi connectivity index (χ0) is 32.2. The molecule has 2 aromatic heterocycles. The van der Waals surface area contributed by atoms with Gasteiger partial charge >= 0.3 is 0 Å². The first-order valence-electron chi connectivity index (χ1n) is 17.3. The van der Waals surface area contributed by atoms with E-state index >= 15 is 0 Å². The average molecular weight is 665 g/mol. The van der Waals surface area contributed by atoms with Gasteiger partial charge in [0.1, 0.15) is 0 Å². The predicted octanol–water partition coefficient (Wildman–Crippen LogP) is 13.3. The van der Waals surface area contributed by atoms with Crippen LogP contribution in [0.1, 0.15) is 0 Å². The molecule has 0 atom stereocenters. The number of fused-ring (bicyclic) bond motifs is 8. The second-order valence-electron chi connectivity index (χ2n) is 13.9. The molecule has 0 nitrogen and oxygen atoms in total. The summed E-state index contributed by atoms with van der Waals surface area (Å²) < 4.78 is 5.55. The van der Waals surface area contributed by atoms with Crippen LogP contribution in [-0.4, -0.2) is 0 Å². The molecule has 2 heterocycles. The summed E-state index contributed by atoms with van der Waals surface area (Å²) in [5.74, 6) is 0. The summed E-state index contributed by atoms with van der Waals surface area (Å²) >= 11 is 3.90. The molecule has 0 bridgehead atoms. The minimum Gasteiger partial charge on any atom is -0.134 e. The maximum absolute atomic E-state index is 2.42. The Morgan fingerprint density at radius 2 is 0.660 bits per heavy atom. The van der Waals surface area contributed by atoms with Gasteiger partial charge in [-0.05, 0) is 87.9 Å². The van der Waals surface area contributed by atoms with Gasteiger partial charge in [-0.2, -0.15) is 0 Å². The van der Waals surface area contributed by atoms with Gasteiger partial charge in [0.2, 0.25) is 0 Å². The van der Waals surface area contributed by atoms with Gasteiger partial charge in [-0.1, -0.05) is 133 Å². The SMILES string of the molecule is c1ccc(-c2ccc3c4c(sc3c2)=c2ccc3c5ccc6c7c(ccc(c8ccc=4c2c38)c75)=c2sc3cc(-c4ccccc4)ccc3c2=6)cc1. The van der Waals surface area contributed by atoms with Gasteiger partial charge < -0.3 is 0 Å². The standard InChI is InChI=1S/C48H24S2/c1-3-7-25(8-4-1)27-11-13-33-39(23-27)49-47-37-21-17-31-30-16-20-36-44-38(22-18-32(42(30)44)29-15-19-35(45(33)47)43(37)41(29)31)48-46(36)34-14-12-28(24-40(34)50-48)26-9-5-2-6-10-26/h1-24H. The lowest BCUT2D eigenvalue weighted by molar-refractivity contribution is 1.64. The monoisotopic (exact) mass is 664 g/mol. The van der Waals surface area contributed by atoms with Crippen LogP contribution in [0.25, 0.3) is 85.5 Å². The van der Waals surface area contributed by atoms with Crippen molar-refractivity contribution in [3.63, 3.8) is 0 Å². The number of thiophene rings is 2. The highest BCUT2D eigenvalue weighted by molar-refractivity contribution is 7.17. The third-order valence-electron chi connectivity index (χ3n) is 11.5. The summed E-state index contributed by atoms with van der Waals surface area (Å²) in [6.07, 6.45) is 0. The molecule has 0 spiro atoms. The van der Waals surface area contributed by atoms with Crippen molar-refractivity contribution in [3.8, 4) is 22.3 Å². The predicted molar refractivity (Wildman–Crippen MR) is 213 cm³/mol. The zero-order valence-electron chi connectivity index (χ0n) is 26.7. The summed E-state index contributed by atoms with van der Waals surface area (Å²) in [4.78, 5) is 0. The quantitative estimate of drug-likeness (QED) is 0.127. The third kappa shape index (κ3) is 3.09. The molecular formula is C48H24S2. The topological polar surface area (TPSA) is 0 Å². The molecule has 0 fully saturated rings. The molecule has 50 heavy (non-hydrogen) atoms. The molecule has 0 unspecified atom stereocenters. The van der Waals surface area contributed by atoms with Crippen LogP contribution in [0.2, 0.25) is 0 Å². The van der Waals surface area contributed by atoms with Gasteiger partial charge in [0.05, 0.1) is 0 Å². The van der Waals surface area contributed by atoms with Crippen molar-refractivity contribution in [2.45, 2.75) is 0 Å². The summed E-state index contributed by atoms with van der Waals surface area (Å²) in [7, 11) is 0. The van der Waals surface area contributed by atoms with Crippen LogP contribution >= 0.6 is 22.7 Å². The number of benzene rings is 9. The molecule has 2 aliphatic carbocycles. The average Bonchev–Trinajstić information content (AvgIpc) is 3.91. The molecule has 0 saturated carbocycles. The Bertz CT molecular complexity index is 3480. The summed E-state index contributed by atoms with van der Waals surface area (Å²) in [6.45, 7) is 0. The summed E-state index contributed by atoms with van der Waals surface area (Å²) in [5.41, 5.74) is 5.10. The molecule has 11 aromatic rings. The molecule has 228 valence electrons. The molecule has 0 saturated heterocycles. The van der Waals surface area contributed by atoms with Crippen LogP contribution < -0.4 is 0 Å². The van der Waals surface area contributed by atoms with E-state index in [4.69, 9.17) is 0 Å². The second kappa shape index (κ2) is 9.05. The molecule has 0 N–H and O–H groups in total. The fourth-order valence-corrected chi connectivity index (χ4v) is 12.0. The molecule has 0 amide bonds. The van der Waals surface area contributed by atoms with Crippen molar-refractivity contribution in [1.29, 1.82) is 0 Å². The Kier molecular flexibility index (Phi) is 4.73.